The molecule has 4 N–H and O–H groups in total. The number of aliphatic carboxylic acids is 2. The van der Waals surface area contributed by atoms with Crippen molar-refractivity contribution < 1.29 is 53.7 Å². The number of alkyl halides is 2. The van der Waals surface area contributed by atoms with Gasteiger partial charge in [0.25, 0.3) is 2.33 Å². The van der Waals surface area contributed by atoms with Crippen LogP contribution < -0.4 is 23.9 Å². The fraction of sp³-hybridized carbons (Fsp3) is 0.333. The van der Waals surface area contributed by atoms with Crippen molar-refractivity contribution in [1.29, 1.82) is 0 Å². The Morgan fingerprint density at radius 2 is 1.43 bits per heavy atom. The minimum absolute atomic E-state index is 0. The molecule has 0 saturated heterocycles. The van der Waals surface area contributed by atoms with Gasteiger partial charge in [0.2, 0.25) is 0 Å². The van der Waals surface area contributed by atoms with Crippen LogP contribution in [0.2, 0.25) is 0 Å². The SMILES string of the molecule is O=C(O)C(Br)(I)C(=O)O.[Li+].[O-]B(O)O. The van der Waals surface area contributed by atoms with Gasteiger partial charge in [0.15, 0.2) is 0 Å². The normalized spacial score (nSPS) is 8.93. The number of rotatable bonds is 2. The molecule has 7 nitrogen and oxygen atoms in total. The first-order chi connectivity index (χ1) is 5.62. The molecule has 0 radical (unpaired) electrons. The second kappa shape index (κ2) is 8.96. The topological polar surface area (TPSA) is 138 Å². The summed E-state index contributed by atoms with van der Waals surface area (Å²) in [6.07, 6.45) is 0. The first-order valence-corrected chi connectivity index (χ1v) is 4.36. The molecule has 0 fully saturated rings. The van der Waals surface area contributed by atoms with Crippen LogP contribution in [-0.2, 0) is 9.59 Å². The van der Waals surface area contributed by atoms with Crippen LogP contribution in [0.25, 0.3) is 0 Å². The number of halogens is 2. The third-order valence-corrected chi connectivity index (χ3v) is 2.14. The van der Waals surface area contributed by atoms with Crippen LogP contribution in [0.5, 0.6) is 0 Å². The number of carboxylic acids is 2. The molecule has 0 aliphatic carbocycles. The van der Waals surface area contributed by atoms with E-state index in [0.29, 0.717) is 0 Å². The molecular weight excluding hydrogens is 373 g/mol. The van der Waals surface area contributed by atoms with Crippen molar-refractivity contribution in [1.82, 2.24) is 0 Å². The smallest absolute Gasteiger partial charge is 0.832 e. The standard InChI is InChI=1S/C3H2BrIO4.BH2O3.Li/c4-3(5,1(6)7)2(8)9;2-1(3)4;/h(H,6,7)(H,8,9);2-3H;/q;-1;+1. The summed E-state index contributed by atoms with van der Waals surface area (Å²) in [5.74, 6) is -2.84. The van der Waals surface area contributed by atoms with Gasteiger partial charge in [-0.1, -0.05) is 0 Å². The Balaban J connectivity index is -0.000000209. The molecule has 0 atom stereocenters. The molecule has 0 aliphatic heterocycles. The Hall–Kier alpha value is 0.692. The predicted molar refractivity (Wildman–Crippen MR) is 51.1 cm³/mol. The van der Waals surface area contributed by atoms with Crippen LogP contribution in [0.3, 0.4) is 0 Å². The fourth-order valence-corrected chi connectivity index (χ4v) is 0.0915. The minimum Gasteiger partial charge on any atom is -0.832 e. The molecule has 0 aromatic carbocycles. The number of hydrogen-bond acceptors (Lipinski definition) is 5. The summed E-state index contributed by atoms with van der Waals surface area (Å²) in [4.78, 5) is 20.1. The Labute approximate surface area is 113 Å². The average Bonchev–Trinajstić information content (AvgIpc) is 1.85. The van der Waals surface area contributed by atoms with E-state index in [2.05, 4.69) is 15.9 Å². The largest absolute Gasteiger partial charge is 1.00 e. The third kappa shape index (κ3) is 10.8. The van der Waals surface area contributed by atoms with E-state index in [-0.39, 0.29) is 18.9 Å². The summed E-state index contributed by atoms with van der Waals surface area (Å²) >= 11 is 3.77. The summed E-state index contributed by atoms with van der Waals surface area (Å²) in [6, 6.07) is 0. The van der Waals surface area contributed by atoms with Crippen molar-refractivity contribution in [3.05, 3.63) is 0 Å². The zero-order valence-electron chi connectivity index (χ0n) is 6.85. The Morgan fingerprint density at radius 1 is 1.29 bits per heavy atom. The van der Waals surface area contributed by atoms with Gasteiger partial charge in [-0.3, -0.25) is 0 Å². The van der Waals surface area contributed by atoms with E-state index in [1.807, 2.05) is 0 Å². The van der Waals surface area contributed by atoms with E-state index in [0.717, 1.165) is 0 Å². The van der Waals surface area contributed by atoms with Gasteiger partial charge >= 0.3 is 38.1 Å². The monoisotopic (exact) mass is 376 g/mol. The van der Waals surface area contributed by atoms with Gasteiger partial charge in [-0.05, 0) is 38.5 Å². The van der Waals surface area contributed by atoms with E-state index in [1.165, 1.54) is 22.6 Å². The molecule has 0 heterocycles. The molecule has 0 saturated carbocycles. The average molecular weight is 377 g/mol. The molecule has 14 heavy (non-hydrogen) atoms. The zero-order chi connectivity index (χ0) is 11.2. The quantitative estimate of drug-likeness (QED) is 0.164. The first kappa shape index (κ1) is 20.1. The van der Waals surface area contributed by atoms with E-state index in [1.54, 1.807) is 0 Å². The fourth-order valence-electron chi connectivity index (χ4n) is 0.0915. The van der Waals surface area contributed by atoms with Crippen molar-refractivity contribution in [2.24, 2.45) is 0 Å². The van der Waals surface area contributed by atoms with E-state index in [9.17, 15) is 9.59 Å². The van der Waals surface area contributed by atoms with Crippen LogP contribution in [-0.4, -0.2) is 41.9 Å². The van der Waals surface area contributed by atoms with Crippen LogP contribution >= 0.6 is 38.5 Å². The summed E-state index contributed by atoms with van der Waals surface area (Å²) in [7, 11) is -2.42. The number of hydrogen-bond donors (Lipinski definition) is 4. The predicted octanol–water partition coefficient (Wildman–Crippen LogP) is -5.00. The summed E-state index contributed by atoms with van der Waals surface area (Å²) in [5.41, 5.74) is 0. The molecule has 0 unspecified atom stereocenters. The minimum atomic E-state index is -2.42. The van der Waals surface area contributed by atoms with Crippen LogP contribution in [0.1, 0.15) is 0 Å². The Bertz CT molecular complexity index is 181. The molecular formula is C3H4BBrILiO7. The summed E-state index contributed by atoms with van der Waals surface area (Å²) in [6.45, 7) is 0. The van der Waals surface area contributed by atoms with Gasteiger partial charge in [0, 0.05) is 0 Å². The van der Waals surface area contributed by atoms with E-state index in [4.69, 9.17) is 25.3 Å². The van der Waals surface area contributed by atoms with Crippen LogP contribution in [0, 0.1) is 0 Å². The van der Waals surface area contributed by atoms with Gasteiger partial charge in [0.1, 0.15) is 0 Å². The van der Waals surface area contributed by atoms with Crippen molar-refractivity contribution in [2.75, 3.05) is 0 Å². The molecule has 0 amide bonds. The molecule has 0 aromatic heterocycles. The second-order valence-electron chi connectivity index (χ2n) is 1.51. The summed E-state index contributed by atoms with van der Waals surface area (Å²) < 4.78 is -1.88. The third-order valence-electron chi connectivity index (χ3n) is 0.537. The molecule has 76 valence electrons. The Morgan fingerprint density at radius 3 is 1.43 bits per heavy atom. The van der Waals surface area contributed by atoms with E-state index < -0.39 is 21.6 Å². The molecule has 0 aromatic rings. The van der Waals surface area contributed by atoms with Gasteiger partial charge in [-0.15, -0.1) is 0 Å². The van der Waals surface area contributed by atoms with Crippen LogP contribution in [0.15, 0.2) is 0 Å². The maximum absolute atomic E-state index is 10.0. The van der Waals surface area contributed by atoms with E-state index >= 15 is 0 Å². The van der Waals surface area contributed by atoms with Crippen molar-refractivity contribution in [3.8, 4) is 0 Å². The van der Waals surface area contributed by atoms with Gasteiger partial charge in [0.05, 0.1) is 0 Å². The first-order valence-electron chi connectivity index (χ1n) is 2.49. The molecule has 0 bridgehead atoms. The van der Waals surface area contributed by atoms with Crippen molar-refractivity contribution >= 4 is 57.8 Å². The summed E-state index contributed by atoms with van der Waals surface area (Å²) in [5, 5.41) is 39.1. The Kier molecular flexibility index (Phi) is 12.9. The molecule has 0 spiro atoms. The molecule has 0 rings (SSSR count). The van der Waals surface area contributed by atoms with Gasteiger partial charge in [-0.2, -0.15) is 0 Å². The maximum Gasteiger partial charge on any atom is 1.00 e. The zero-order valence-corrected chi connectivity index (χ0v) is 10.6. The molecule has 11 heteroatoms. The maximum atomic E-state index is 10.0. The van der Waals surface area contributed by atoms with Gasteiger partial charge < -0.3 is 25.3 Å². The van der Waals surface area contributed by atoms with Gasteiger partial charge in [-0.25, -0.2) is 9.59 Å². The van der Waals surface area contributed by atoms with Crippen molar-refractivity contribution in [3.63, 3.8) is 0 Å². The van der Waals surface area contributed by atoms with Crippen LogP contribution in [0.4, 0.5) is 0 Å². The second-order valence-corrected chi connectivity index (χ2v) is 5.80. The number of carbonyl (C=O) groups is 2. The molecule has 0 aliphatic rings. The number of carboxylic acid groups (broad SMARTS) is 2. The van der Waals surface area contributed by atoms with Crippen molar-refractivity contribution in [2.45, 2.75) is 2.33 Å².